The second-order valence-electron chi connectivity index (χ2n) is 23.2. The van der Waals surface area contributed by atoms with Gasteiger partial charge in [0.15, 0.2) is 0 Å². The van der Waals surface area contributed by atoms with Crippen LogP contribution < -0.4 is 0 Å². The first kappa shape index (κ1) is 52.8. The summed E-state index contributed by atoms with van der Waals surface area (Å²) in [6.45, 7) is 27.5. The summed E-state index contributed by atoms with van der Waals surface area (Å²) < 4.78 is 48.2. The summed E-state index contributed by atoms with van der Waals surface area (Å²) in [5, 5.41) is 16.3. The van der Waals surface area contributed by atoms with Gasteiger partial charge in [-0.15, -0.1) is 0 Å². The minimum absolute atomic E-state index is 0.420. The van der Waals surface area contributed by atoms with Crippen LogP contribution in [0.1, 0.15) is 83.5 Å². The lowest BCUT2D eigenvalue weighted by molar-refractivity contribution is -0.137. The lowest BCUT2D eigenvalue weighted by Gasteiger charge is -2.20. The van der Waals surface area contributed by atoms with Crippen LogP contribution in [0.25, 0.3) is 111 Å². The summed E-state index contributed by atoms with van der Waals surface area (Å²) >= 11 is 0. The van der Waals surface area contributed by atoms with Crippen molar-refractivity contribution < 1.29 is 13.2 Å². The molecule has 6 heteroatoms. The normalized spacial score (nSPS) is 11.9. The number of hydrogen-bond acceptors (Lipinski definition) is 1. The molecule has 0 radical (unpaired) electrons. The Morgan fingerprint density at radius 2 is 0.605 bits per heavy atom. The first-order chi connectivity index (χ1) is 38.6. The molecule has 12 rings (SSSR count). The van der Waals surface area contributed by atoms with Crippen molar-refractivity contribution in [1.82, 2.24) is 9.13 Å². The van der Waals surface area contributed by atoms with Crippen LogP contribution in [0, 0.1) is 101 Å². The van der Waals surface area contributed by atoms with Gasteiger partial charge < -0.3 is 9.13 Å². The summed E-state index contributed by atoms with van der Waals surface area (Å²) in [7, 11) is 0. The quantitative estimate of drug-likeness (QED) is 0.157. The molecule has 0 fully saturated rings. The van der Waals surface area contributed by atoms with Crippen LogP contribution in [0.5, 0.6) is 0 Å². The molecule has 12 aromatic rings. The predicted molar refractivity (Wildman–Crippen MR) is 334 cm³/mol. The smallest absolute Gasteiger partial charge is 0.308 e. The molecule has 0 aliphatic carbocycles. The highest BCUT2D eigenvalue weighted by Crippen LogP contribution is 2.46. The largest absolute Gasteiger partial charge is 0.416 e. The van der Waals surface area contributed by atoms with E-state index in [1.165, 1.54) is 78.9 Å². The molecule has 0 unspecified atom stereocenters. The van der Waals surface area contributed by atoms with Gasteiger partial charge in [0, 0.05) is 21.5 Å². The Morgan fingerprint density at radius 3 is 0.852 bits per heavy atom. The van der Waals surface area contributed by atoms with Gasteiger partial charge in [-0.3, -0.25) is 0 Å². The van der Waals surface area contributed by atoms with Crippen LogP contribution in [0.15, 0.2) is 152 Å². The van der Waals surface area contributed by atoms with E-state index < -0.39 is 11.7 Å². The molecular formula is C75H64F3N3. The Balaban J connectivity index is 1.27. The highest BCUT2D eigenvalue weighted by atomic mass is 19.4. The third-order valence-electron chi connectivity index (χ3n) is 17.0. The summed E-state index contributed by atoms with van der Waals surface area (Å²) in [4.78, 5) is 0. The van der Waals surface area contributed by atoms with E-state index in [0.29, 0.717) is 33.6 Å². The van der Waals surface area contributed by atoms with Gasteiger partial charge in [0.05, 0.1) is 39.0 Å². The number of aryl methyl sites for hydroxylation is 13. The van der Waals surface area contributed by atoms with E-state index in [9.17, 15) is 18.4 Å². The van der Waals surface area contributed by atoms with Crippen LogP contribution in [-0.4, -0.2) is 9.13 Å². The Kier molecular flexibility index (Phi) is 12.6. The zero-order chi connectivity index (χ0) is 57.2. The molecule has 0 bridgehead atoms. The van der Waals surface area contributed by atoms with Crippen molar-refractivity contribution in [2.75, 3.05) is 0 Å². The highest BCUT2D eigenvalue weighted by Gasteiger charge is 2.31. The number of nitriles is 1. The second kappa shape index (κ2) is 19.4. The van der Waals surface area contributed by atoms with Crippen molar-refractivity contribution in [3.8, 4) is 73.1 Å². The number of aromatic nitrogens is 2. The standard InChI is InChI=1S/C75H64F3N3/c1-40-24-45(6)71(46(7)25-40)53-14-19-60-61-20-15-54(72-47(8)26-41(2)27-48(72)9)34-66(61)80(65(60)33-53)69-37-57(59-23-18-58(32-44(59)5)75(76,77)78)38-70(64(69)39-79)81-67-35-55(73-49(10)28-42(3)29-50(73)11)16-21-62(67)63-22-17-56(36-68(63)81)74-51(12)30-43(4)31-52(74)13/h14-38H,1-13H3. The summed E-state index contributed by atoms with van der Waals surface area (Å²) in [5.41, 5.74) is 29.2. The average Bonchev–Trinajstić information content (AvgIpc) is 3.17. The number of benzene rings is 10. The summed E-state index contributed by atoms with van der Waals surface area (Å²) in [6, 6.07) is 55.4. The number of nitrogens with zero attached hydrogens (tertiary/aromatic N) is 3. The number of alkyl halides is 3. The molecule has 0 amide bonds. The maximum atomic E-state index is 14.6. The van der Waals surface area contributed by atoms with Gasteiger partial charge in [-0.1, -0.05) is 125 Å². The lowest BCUT2D eigenvalue weighted by atomic mass is 9.92. The number of hydrogen-bond donors (Lipinski definition) is 0. The average molecular weight is 1060 g/mol. The van der Waals surface area contributed by atoms with E-state index in [1.807, 2.05) is 12.1 Å². The Bertz CT molecular complexity index is 4140. The molecule has 0 atom stereocenters. The van der Waals surface area contributed by atoms with E-state index in [4.69, 9.17) is 0 Å². The molecule has 81 heavy (non-hydrogen) atoms. The van der Waals surface area contributed by atoms with Gasteiger partial charge >= 0.3 is 6.18 Å². The van der Waals surface area contributed by atoms with Crippen LogP contribution in [0.3, 0.4) is 0 Å². The van der Waals surface area contributed by atoms with Crippen molar-refractivity contribution in [2.45, 2.75) is 96.2 Å². The van der Waals surface area contributed by atoms with Gasteiger partial charge in [0.1, 0.15) is 11.6 Å². The molecule has 2 aromatic heterocycles. The van der Waals surface area contributed by atoms with Gasteiger partial charge in [-0.05, 0) is 244 Å². The fourth-order valence-corrected chi connectivity index (χ4v) is 14.1. The van der Waals surface area contributed by atoms with Crippen LogP contribution in [0.4, 0.5) is 13.2 Å². The Morgan fingerprint density at radius 1 is 0.321 bits per heavy atom. The van der Waals surface area contributed by atoms with Crippen molar-refractivity contribution in [3.05, 3.63) is 235 Å². The zero-order valence-corrected chi connectivity index (χ0v) is 48.4. The van der Waals surface area contributed by atoms with Crippen molar-refractivity contribution in [2.24, 2.45) is 0 Å². The molecule has 400 valence electrons. The van der Waals surface area contributed by atoms with Crippen molar-refractivity contribution in [1.29, 1.82) is 5.26 Å². The Labute approximate surface area is 473 Å². The van der Waals surface area contributed by atoms with Gasteiger partial charge in [-0.2, -0.15) is 18.4 Å². The van der Waals surface area contributed by atoms with Crippen LogP contribution in [0.2, 0.25) is 0 Å². The van der Waals surface area contributed by atoms with Gasteiger partial charge in [0.25, 0.3) is 0 Å². The molecule has 10 aromatic carbocycles. The van der Waals surface area contributed by atoms with E-state index >= 15 is 0 Å². The highest BCUT2D eigenvalue weighted by molar-refractivity contribution is 6.14. The third kappa shape index (κ3) is 8.82. The first-order valence-corrected chi connectivity index (χ1v) is 27.8. The monoisotopic (exact) mass is 1060 g/mol. The molecule has 0 spiro atoms. The van der Waals surface area contributed by atoms with Gasteiger partial charge in [0.2, 0.25) is 0 Å². The van der Waals surface area contributed by atoms with E-state index in [1.54, 1.807) is 13.0 Å². The number of rotatable bonds is 7. The molecule has 2 heterocycles. The lowest BCUT2D eigenvalue weighted by Crippen LogP contribution is -2.07. The first-order valence-electron chi connectivity index (χ1n) is 27.8. The van der Waals surface area contributed by atoms with E-state index in [2.05, 4.69) is 220 Å². The molecule has 0 aliphatic rings. The zero-order valence-electron chi connectivity index (χ0n) is 48.4. The maximum Gasteiger partial charge on any atom is 0.416 e. The van der Waals surface area contributed by atoms with Gasteiger partial charge in [-0.25, -0.2) is 0 Å². The van der Waals surface area contributed by atoms with Crippen molar-refractivity contribution in [3.63, 3.8) is 0 Å². The summed E-state index contributed by atoms with van der Waals surface area (Å²) in [6.07, 6.45) is -4.54. The SMILES string of the molecule is Cc1cc(C)c(-c2ccc3c4ccc(-c5c(C)cc(C)cc5C)cc4n(-c4cc(-c5ccc(C(F)(F)F)cc5C)cc(-n5c6cc(-c7c(C)cc(C)cc7C)ccc6c6ccc(-c7c(C)cc(C)cc7C)cc65)c4C#N)c3c2)c(C)c1. The van der Waals surface area contributed by atoms with Crippen molar-refractivity contribution >= 4 is 43.6 Å². The molecule has 3 nitrogen and oxygen atoms in total. The predicted octanol–water partition coefficient (Wildman–Crippen LogP) is 21.1. The molecule has 0 saturated heterocycles. The topological polar surface area (TPSA) is 33.6 Å². The van der Waals surface area contributed by atoms with E-state index in [-0.39, 0.29) is 0 Å². The molecule has 0 saturated carbocycles. The number of fused-ring (bicyclic) bond motifs is 6. The number of halogens is 3. The van der Waals surface area contributed by atoms with E-state index in [0.717, 1.165) is 88.1 Å². The fourth-order valence-electron chi connectivity index (χ4n) is 14.1. The second-order valence-corrected chi connectivity index (χ2v) is 23.2. The Hall–Kier alpha value is -8.92. The molecular weight excluding hydrogens is 1000 g/mol. The molecule has 0 aliphatic heterocycles. The van der Waals surface area contributed by atoms with Crippen LogP contribution in [-0.2, 0) is 6.18 Å². The minimum Gasteiger partial charge on any atom is -0.308 e. The summed E-state index contributed by atoms with van der Waals surface area (Å²) in [5.74, 6) is 0. The third-order valence-corrected chi connectivity index (χ3v) is 17.0. The fraction of sp³-hybridized carbons (Fsp3) is 0.187. The minimum atomic E-state index is -4.54. The van der Waals surface area contributed by atoms with Crippen LogP contribution >= 0.6 is 0 Å². The maximum absolute atomic E-state index is 14.6. The molecule has 0 N–H and O–H groups in total.